The molecular formula is C25H25ClN2O2. The number of hydrogen-bond acceptors (Lipinski definition) is 3. The van der Waals surface area contributed by atoms with Crippen molar-refractivity contribution >= 4 is 17.5 Å². The summed E-state index contributed by atoms with van der Waals surface area (Å²) in [6, 6.07) is 17.5. The van der Waals surface area contributed by atoms with Gasteiger partial charge in [0, 0.05) is 27.9 Å². The Labute approximate surface area is 182 Å². The van der Waals surface area contributed by atoms with E-state index in [1.165, 1.54) is 0 Å². The van der Waals surface area contributed by atoms with Crippen LogP contribution < -0.4 is 10.1 Å². The number of amides is 1. The molecule has 3 aromatic rings. The van der Waals surface area contributed by atoms with Crippen molar-refractivity contribution in [1.29, 1.82) is 0 Å². The van der Waals surface area contributed by atoms with E-state index < -0.39 is 0 Å². The van der Waals surface area contributed by atoms with Gasteiger partial charge in [-0.3, -0.25) is 4.79 Å². The lowest BCUT2D eigenvalue weighted by Crippen LogP contribution is -2.51. The quantitative estimate of drug-likeness (QED) is 0.535. The van der Waals surface area contributed by atoms with Crippen molar-refractivity contribution in [2.24, 2.45) is 0 Å². The van der Waals surface area contributed by atoms with Gasteiger partial charge in [0.2, 0.25) is 0 Å². The average Bonchev–Trinajstić information content (AvgIpc) is 2.72. The Hall–Kier alpha value is -2.85. The van der Waals surface area contributed by atoms with Gasteiger partial charge in [0.15, 0.2) is 11.4 Å². The van der Waals surface area contributed by atoms with Crippen LogP contribution in [0, 0.1) is 6.92 Å². The fraction of sp³-hybridized carbons (Fsp3) is 0.280. The summed E-state index contributed by atoms with van der Waals surface area (Å²) in [5.41, 5.74) is 3.90. The molecule has 0 saturated heterocycles. The molecule has 0 atom stereocenters. The van der Waals surface area contributed by atoms with E-state index in [1.54, 1.807) is 6.20 Å². The molecule has 0 spiro atoms. The summed E-state index contributed by atoms with van der Waals surface area (Å²) in [7, 11) is 0. The third kappa shape index (κ3) is 4.34. The maximum atomic E-state index is 13.1. The SMILES string of the molecule is Cc1c(-c2cccc(Cl)c2)cnc(C(=O)NC2(C)CCC2)c1OCc1ccccc1. The Morgan fingerprint density at radius 2 is 1.93 bits per heavy atom. The summed E-state index contributed by atoms with van der Waals surface area (Å²) < 4.78 is 6.18. The smallest absolute Gasteiger partial charge is 0.274 e. The van der Waals surface area contributed by atoms with Crippen LogP contribution in [0.15, 0.2) is 60.8 Å². The maximum Gasteiger partial charge on any atom is 0.274 e. The van der Waals surface area contributed by atoms with E-state index in [9.17, 15) is 4.79 Å². The van der Waals surface area contributed by atoms with E-state index >= 15 is 0 Å². The molecule has 0 unspecified atom stereocenters. The second-order valence-corrected chi connectivity index (χ2v) is 8.56. The van der Waals surface area contributed by atoms with Crippen molar-refractivity contribution in [3.05, 3.63) is 82.6 Å². The second kappa shape index (κ2) is 8.49. The second-order valence-electron chi connectivity index (χ2n) is 8.13. The highest BCUT2D eigenvalue weighted by Gasteiger charge is 2.34. The van der Waals surface area contributed by atoms with Crippen LogP contribution in [0.1, 0.15) is 47.8 Å². The van der Waals surface area contributed by atoms with E-state index in [0.717, 1.165) is 41.5 Å². The molecule has 2 aromatic carbocycles. The van der Waals surface area contributed by atoms with E-state index in [1.807, 2.05) is 61.5 Å². The van der Waals surface area contributed by atoms with Crippen LogP contribution in [0.2, 0.25) is 5.02 Å². The fourth-order valence-corrected chi connectivity index (χ4v) is 3.96. The van der Waals surface area contributed by atoms with Crippen LogP contribution >= 0.6 is 11.6 Å². The molecule has 0 bridgehead atoms. The molecule has 5 heteroatoms. The van der Waals surface area contributed by atoms with Crippen molar-refractivity contribution in [1.82, 2.24) is 10.3 Å². The first-order valence-corrected chi connectivity index (χ1v) is 10.6. The standard InChI is InChI=1S/C25H25ClN2O2/c1-17-21(19-10-6-11-20(26)14-19)15-27-22(24(29)28-25(2)12-7-13-25)23(17)30-16-18-8-4-3-5-9-18/h3-6,8-11,14-15H,7,12-13,16H2,1-2H3,(H,28,29). The maximum absolute atomic E-state index is 13.1. The van der Waals surface area contributed by atoms with Crippen LogP contribution in [-0.2, 0) is 6.61 Å². The van der Waals surface area contributed by atoms with Gasteiger partial charge in [-0.05, 0) is 56.4 Å². The van der Waals surface area contributed by atoms with Crippen LogP contribution in [0.25, 0.3) is 11.1 Å². The van der Waals surface area contributed by atoms with Gasteiger partial charge in [-0.15, -0.1) is 0 Å². The number of carbonyl (C=O) groups is 1. The molecule has 1 fully saturated rings. The number of benzene rings is 2. The highest BCUT2D eigenvalue weighted by molar-refractivity contribution is 6.30. The van der Waals surface area contributed by atoms with Gasteiger partial charge in [-0.2, -0.15) is 0 Å². The molecule has 4 rings (SSSR count). The number of nitrogens with zero attached hydrogens (tertiary/aromatic N) is 1. The number of ether oxygens (including phenoxy) is 1. The van der Waals surface area contributed by atoms with Gasteiger partial charge < -0.3 is 10.1 Å². The Bertz CT molecular complexity index is 1060. The number of rotatable bonds is 6. The van der Waals surface area contributed by atoms with Crippen LogP contribution in [-0.4, -0.2) is 16.4 Å². The van der Waals surface area contributed by atoms with Gasteiger partial charge in [0.1, 0.15) is 6.61 Å². The predicted octanol–water partition coefficient (Wildman–Crippen LogP) is 5.96. The number of halogens is 1. The van der Waals surface area contributed by atoms with Crippen LogP contribution in [0.3, 0.4) is 0 Å². The highest BCUT2D eigenvalue weighted by Crippen LogP contribution is 2.35. The Morgan fingerprint density at radius 3 is 2.60 bits per heavy atom. The van der Waals surface area contributed by atoms with E-state index in [-0.39, 0.29) is 11.4 Å². The first-order chi connectivity index (χ1) is 14.5. The van der Waals surface area contributed by atoms with Crippen LogP contribution in [0.4, 0.5) is 0 Å². The van der Waals surface area contributed by atoms with Gasteiger partial charge >= 0.3 is 0 Å². The molecule has 1 saturated carbocycles. The lowest BCUT2D eigenvalue weighted by molar-refractivity contribution is 0.0840. The van der Waals surface area contributed by atoms with Crippen molar-refractivity contribution < 1.29 is 9.53 Å². The molecule has 1 N–H and O–H groups in total. The molecular weight excluding hydrogens is 396 g/mol. The summed E-state index contributed by atoms with van der Waals surface area (Å²) in [4.78, 5) is 17.6. The van der Waals surface area contributed by atoms with Crippen molar-refractivity contribution in [3.63, 3.8) is 0 Å². The first-order valence-electron chi connectivity index (χ1n) is 10.2. The zero-order valence-corrected chi connectivity index (χ0v) is 18.0. The summed E-state index contributed by atoms with van der Waals surface area (Å²) in [5.74, 6) is 0.317. The third-order valence-corrected chi connectivity index (χ3v) is 5.97. The monoisotopic (exact) mass is 420 g/mol. The number of aromatic nitrogens is 1. The van der Waals surface area contributed by atoms with Gasteiger partial charge in [0.25, 0.3) is 5.91 Å². The van der Waals surface area contributed by atoms with Crippen molar-refractivity contribution in [3.8, 4) is 16.9 Å². The Balaban J connectivity index is 1.71. The number of nitrogens with one attached hydrogen (secondary N) is 1. The lowest BCUT2D eigenvalue weighted by Gasteiger charge is -2.39. The fourth-order valence-electron chi connectivity index (χ4n) is 3.77. The molecule has 1 heterocycles. The van der Waals surface area contributed by atoms with Crippen LogP contribution in [0.5, 0.6) is 5.75 Å². The summed E-state index contributed by atoms with van der Waals surface area (Å²) >= 11 is 6.19. The minimum absolute atomic E-state index is 0.158. The molecule has 30 heavy (non-hydrogen) atoms. The molecule has 154 valence electrons. The number of pyridine rings is 1. The topological polar surface area (TPSA) is 51.2 Å². The Kier molecular flexibility index (Phi) is 5.78. The first kappa shape index (κ1) is 20.4. The van der Waals surface area contributed by atoms with E-state index in [4.69, 9.17) is 16.3 Å². The third-order valence-electron chi connectivity index (χ3n) is 5.73. The minimum atomic E-state index is -0.194. The number of hydrogen-bond donors (Lipinski definition) is 1. The van der Waals surface area contributed by atoms with Gasteiger partial charge in [0.05, 0.1) is 0 Å². The van der Waals surface area contributed by atoms with Gasteiger partial charge in [-0.25, -0.2) is 4.98 Å². The summed E-state index contributed by atoms with van der Waals surface area (Å²) in [6.07, 6.45) is 4.83. The zero-order chi connectivity index (χ0) is 21.1. The molecule has 0 aliphatic heterocycles. The normalized spacial score (nSPS) is 14.6. The molecule has 1 aliphatic rings. The Morgan fingerprint density at radius 1 is 1.17 bits per heavy atom. The molecule has 1 amide bonds. The largest absolute Gasteiger partial charge is 0.486 e. The number of carbonyl (C=O) groups excluding carboxylic acids is 1. The summed E-state index contributed by atoms with van der Waals surface area (Å²) in [6.45, 7) is 4.39. The molecule has 4 nitrogen and oxygen atoms in total. The molecule has 0 radical (unpaired) electrons. The van der Waals surface area contributed by atoms with Crippen molar-refractivity contribution in [2.45, 2.75) is 45.3 Å². The van der Waals surface area contributed by atoms with E-state index in [2.05, 4.69) is 17.2 Å². The van der Waals surface area contributed by atoms with E-state index in [0.29, 0.717) is 23.1 Å². The molecule has 1 aliphatic carbocycles. The lowest BCUT2D eigenvalue weighted by atomic mass is 9.78. The van der Waals surface area contributed by atoms with Gasteiger partial charge in [-0.1, -0.05) is 54.1 Å². The zero-order valence-electron chi connectivity index (χ0n) is 17.2. The predicted molar refractivity (Wildman–Crippen MR) is 120 cm³/mol. The summed E-state index contributed by atoms with van der Waals surface area (Å²) in [5, 5.41) is 3.79. The van der Waals surface area contributed by atoms with Crippen molar-refractivity contribution in [2.75, 3.05) is 0 Å². The highest BCUT2D eigenvalue weighted by atomic mass is 35.5. The minimum Gasteiger partial charge on any atom is -0.486 e. The average molecular weight is 421 g/mol. The molecule has 1 aromatic heterocycles.